The predicted molar refractivity (Wildman–Crippen MR) is 91.5 cm³/mol. The van der Waals surface area contributed by atoms with Gasteiger partial charge in [0.1, 0.15) is 5.82 Å². The second-order valence-corrected chi connectivity index (χ2v) is 5.36. The molecule has 23 heavy (non-hydrogen) atoms. The molecule has 0 amide bonds. The second-order valence-electron chi connectivity index (χ2n) is 5.36. The van der Waals surface area contributed by atoms with Gasteiger partial charge in [-0.05, 0) is 36.1 Å². The van der Waals surface area contributed by atoms with Gasteiger partial charge in [-0.25, -0.2) is 9.18 Å². The SMILES string of the molecule is CCCCOC(=O)/C=C/c1ccc(-c2ccccc2)c(C)c1F. The Bertz CT molecular complexity index is 690. The van der Waals surface area contributed by atoms with Crippen LogP contribution < -0.4 is 0 Å². The quantitative estimate of drug-likeness (QED) is 0.418. The summed E-state index contributed by atoms with van der Waals surface area (Å²) in [5.74, 6) is -0.758. The third-order valence-electron chi connectivity index (χ3n) is 3.64. The predicted octanol–water partition coefficient (Wildman–Crippen LogP) is 5.16. The van der Waals surface area contributed by atoms with Gasteiger partial charge in [0.15, 0.2) is 0 Å². The largest absolute Gasteiger partial charge is 0.463 e. The van der Waals surface area contributed by atoms with Gasteiger partial charge in [0.05, 0.1) is 6.61 Å². The van der Waals surface area contributed by atoms with Crippen molar-refractivity contribution in [2.24, 2.45) is 0 Å². The van der Waals surface area contributed by atoms with Crippen LogP contribution in [-0.4, -0.2) is 12.6 Å². The van der Waals surface area contributed by atoms with Crippen LogP contribution in [0.15, 0.2) is 48.5 Å². The van der Waals surface area contributed by atoms with Crippen LogP contribution in [0.5, 0.6) is 0 Å². The van der Waals surface area contributed by atoms with E-state index < -0.39 is 5.97 Å². The van der Waals surface area contributed by atoms with Gasteiger partial charge in [-0.3, -0.25) is 0 Å². The molecule has 0 spiro atoms. The lowest BCUT2D eigenvalue weighted by atomic mass is 9.97. The van der Waals surface area contributed by atoms with Crippen molar-refractivity contribution < 1.29 is 13.9 Å². The molecular weight excluding hydrogens is 291 g/mol. The van der Waals surface area contributed by atoms with Crippen LogP contribution in [0.25, 0.3) is 17.2 Å². The molecule has 0 fully saturated rings. The van der Waals surface area contributed by atoms with Crippen LogP contribution in [0.1, 0.15) is 30.9 Å². The van der Waals surface area contributed by atoms with Crippen molar-refractivity contribution in [1.29, 1.82) is 0 Å². The van der Waals surface area contributed by atoms with Crippen molar-refractivity contribution in [3.8, 4) is 11.1 Å². The number of hydrogen-bond acceptors (Lipinski definition) is 2. The zero-order chi connectivity index (χ0) is 16.7. The molecule has 0 unspecified atom stereocenters. The minimum absolute atomic E-state index is 0.316. The van der Waals surface area contributed by atoms with Gasteiger partial charge in [-0.15, -0.1) is 0 Å². The fourth-order valence-electron chi connectivity index (χ4n) is 2.29. The number of esters is 1. The summed E-state index contributed by atoms with van der Waals surface area (Å²) < 4.78 is 19.5. The lowest BCUT2D eigenvalue weighted by Crippen LogP contribution is -2.02. The molecule has 0 saturated carbocycles. The molecule has 3 heteroatoms. The summed E-state index contributed by atoms with van der Waals surface area (Å²) in [7, 11) is 0. The van der Waals surface area contributed by atoms with Crippen molar-refractivity contribution >= 4 is 12.0 Å². The molecule has 2 nitrogen and oxygen atoms in total. The number of unbranched alkanes of at least 4 members (excludes halogenated alkanes) is 1. The highest BCUT2D eigenvalue weighted by molar-refractivity contribution is 5.87. The molecule has 0 N–H and O–H groups in total. The van der Waals surface area contributed by atoms with Crippen LogP contribution in [-0.2, 0) is 9.53 Å². The van der Waals surface area contributed by atoms with E-state index in [1.165, 1.54) is 12.2 Å². The van der Waals surface area contributed by atoms with Gasteiger partial charge in [-0.2, -0.15) is 0 Å². The van der Waals surface area contributed by atoms with Gasteiger partial charge in [0, 0.05) is 11.6 Å². The zero-order valence-electron chi connectivity index (χ0n) is 13.5. The van der Waals surface area contributed by atoms with E-state index in [0.717, 1.165) is 24.0 Å². The van der Waals surface area contributed by atoms with Crippen molar-refractivity contribution in [2.75, 3.05) is 6.61 Å². The molecule has 0 aliphatic heterocycles. The molecule has 0 heterocycles. The number of benzene rings is 2. The molecule has 0 saturated heterocycles. The van der Waals surface area contributed by atoms with Crippen LogP contribution in [0.2, 0.25) is 0 Å². The Morgan fingerprint density at radius 3 is 2.61 bits per heavy atom. The fourth-order valence-corrected chi connectivity index (χ4v) is 2.29. The van der Waals surface area contributed by atoms with E-state index in [0.29, 0.717) is 17.7 Å². The Kier molecular flexibility index (Phi) is 6.10. The Hall–Kier alpha value is -2.42. The lowest BCUT2D eigenvalue weighted by molar-refractivity contribution is -0.137. The maximum Gasteiger partial charge on any atom is 0.330 e. The summed E-state index contributed by atoms with van der Waals surface area (Å²) in [4.78, 5) is 11.5. The number of rotatable bonds is 6. The first-order chi connectivity index (χ1) is 11.1. The van der Waals surface area contributed by atoms with E-state index in [1.807, 2.05) is 43.3 Å². The third kappa shape index (κ3) is 4.52. The molecule has 0 atom stereocenters. The molecule has 120 valence electrons. The Morgan fingerprint density at radius 1 is 1.17 bits per heavy atom. The summed E-state index contributed by atoms with van der Waals surface area (Å²) in [6.45, 7) is 4.17. The van der Waals surface area contributed by atoms with E-state index >= 15 is 0 Å². The van der Waals surface area contributed by atoms with E-state index in [4.69, 9.17) is 4.74 Å². The molecule has 0 bridgehead atoms. The maximum absolute atomic E-state index is 14.5. The number of halogens is 1. The molecule has 0 aromatic heterocycles. The Morgan fingerprint density at radius 2 is 1.91 bits per heavy atom. The Labute approximate surface area is 136 Å². The molecule has 0 aliphatic rings. The first kappa shape index (κ1) is 16.9. The normalized spacial score (nSPS) is 10.9. The minimum Gasteiger partial charge on any atom is -0.463 e. The van der Waals surface area contributed by atoms with Gasteiger partial charge < -0.3 is 4.74 Å². The molecule has 0 aliphatic carbocycles. The topological polar surface area (TPSA) is 26.3 Å². The third-order valence-corrected chi connectivity index (χ3v) is 3.64. The monoisotopic (exact) mass is 312 g/mol. The summed E-state index contributed by atoms with van der Waals surface area (Å²) in [5.41, 5.74) is 2.77. The smallest absolute Gasteiger partial charge is 0.330 e. The number of hydrogen-bond donors (Lipinski definition) is 0. The van der Waals surface area contributed by atoms with Gasteiger partial charge >= 0.3 is 5.97 Å². The van der Waals surface area contributed by atoms with Crippen LogP contribution in [0.3, 0.4) is 0 Å². The summed E-state index contributed by atoms with van der Waals surface area (Å²) >= 11 is 0. The van der Waals surface area contributed by atoms with Crippen LogP contribution in [0, 0.1) is 12.7 Å². The summed E-state index contributed by atoms with van der Waals surface area (Å²) in [6.07, 6.45) is 4.53. The van der Waals surface area contributed by atoms with E-state index in [1.54, 1.807) is 13.0 Å². The van der Waals surface area contributed by atoms with Crippen LogP contribution >= 0.6 is 0 Å². The number of ether oxygens (including phenoxy) is 1. The number of carbonyl (C=O) groups excluding carboxylic acids is 1. The van der Waals surface area contributed by atoms with E-state index in [-0.39, 0.29) is 5.82 Å². The highest BCUT2D eigenvalue weighted by Gasteiger charge is 2.09. The summed E-state index contributed by atoms with van der Waals surface area (Å²) in [6, 6.07) is 13.2. The van der Waals surface area contributed by atoms with Crippen molar-refractivity contribution in [3.63, 3.8) is 0 Å². The summed E-state index contributed by atoms with van der Waals surface area (Å²) in [5, 5.41) is 0. The highest BCUT2D eigenvalue weighted by atomic mass is 19.1. The number of carbonyl (C=O) groups is 1. The average Bonchev–Trinajstić information content (AvgIpc) is 2.57. The lowest BCUT2D eigenvalue weighted by Gasteiger charge is -2.09. The van der Waals surface area contributed by atoms with Crippen molar-refractivity contribution in [3.05, 3.63) is 65.5 Å². The molecule has 0 radical (unpaired) electrons. The molecule has 2 aromatic carbocycles. The first-order valence-electron chi connectivity index (χ1n) is 7.83. The van der Waals surface area contributed by atoms with E-state index in [9.17, 15) is 9.18 Å². The van der Waals surface area contributed by atoms with Crippen molar-refractivity contribution in [1.82, 2.24) is 0 Å². The standard InChI is InChI=1S/C20H21FO2/c1-3-4-14-23-19(22)13-11-17-10-12-18(15(2)20(17)21)16-8-6-5-7-9-16/h5-13H,3-4,14H2,1-2H3/b13-11+. The van der Waals surface area contributed by atoms with Gasteiger partial charge in [0.2, 0.25) is 0 Å². The van der Waals surface area contributed by atoms with Gasteiger partial charge in [-0.1, -0.05) is 55.8 Å². The maximum atomic E-state index is 14.5. The highest BCUT2D eigenvalue weighted by Crippen LogP contribution is 2.27. The zero-order valence-corrected chi connectivity index (χ0v) is 13.5. The molecule has 2 rings (SSSR count). The second kappa shape index (κ2) is 8.28. The fraction of sp³-hybridized carbons (Fsp3) is 0.250. The molecular formula is C20H21FO2. The van der Waals surface area contributed by atoms with E-state index in [2.05, 4.69) is 0 Å². The minimum atomic E-state index is -0.442. The van der Waals surface area contributed by atoms with Crippen LogP contribution in [0.4, 0.5) is 4.39 Å². The van der Waals surface area contributed by atoms with Crippen molar-refractivity contribution in [2.45, 2.75) is 26.7 Å². The first-order valence-corrected chi connectivity index (χ1v) is 7.83. The Balaban J connectivity index is 2.16. The van der Waals surface area contributed by atoms with Gasteiger partial charge in [0.25, 0.3) is 0 Å². The molecule has 2 aromatic rings. The average molecular weight is 312 g/mol.